The van der Waals surface area contributed by atoms with Crippen molar-refractivity contribution in [1.82, 2.24) is 4.98 Å². The maximum absolute atomic E-state index is 12.1. The molecule has 7 heteroatoms. The van der Waals surface area contributed by atoms with Crippen molar-refractivity contribution in [2.75, 3.05) is 0 Å². The van der Waals surface area contributed by atoms with Gasteiger partial charge in [0.15, 0.2) is 0 Å². The largest absolute Gasteiger partial charge is 0.441 e. The Balaban J connectivity index is 1.58. The summed E-state index contributed by atoms with van der Waals surface area (Å²) in [5.41, 5.74) is 1.39. The Morgan fingerprint density at radius 2 is 1.96 bits per heavy atom. The van der Waals surface area contributed by atoms with Gasteiger partial charge in [-0.2, -0.15) is 0 Å². The number of para-hydroxylation sites is 1. The van der Waals surface area contributed by atoms with Crippen LogP contribution >= 0.6 is 0 Å². The van der Waals surface area contributed by atoms with E-state index in [0.29, 0.717) is 23.0 Å². The van der Waals surface area contributed by atoms with E-state index in [4.69, 9.17) is 9.15 Å². The van der Waals surface area contributed by atoms with E-state index in [9.17, 15) is 14.9 Å². The second-order valence-corrected chi connectivity index (χ2v) is 5.68. The van der Waals surface area contributed by atoms with Gasteiger partial charge in [0.1, 0.15) is 17.4 Å². The molecular formula is C19H12N2O5. The number of aromatic nitrogens is 1. The number of esters is 1. The number of fused-ring (bicyclic) bond motifs is 1. The van der Waals surface area contributed by atoms with Crippen LogP contribution in [0.25, 0.3) is 12.2 Å². The second kappa shape index (κ2) is 6.29. The standard InChI is InChI=1S/C19H12N2O5/c22-19-18(14-6-1-2-7-15(14)26-19)16-11-20-17(25-16)9-8-12-4-3-5-13(10-12)21(23)24/h1-11,18H/b9-8+. The van der Waals surface area contributed by atoms with Crippen LogP contribution in [0.2, 0.25) is 0 Å². The van der Waals surface area contributed by atoms with Gasteiger partial charge in [0.05, 0.1) is 11.1 Å². The van der Waals surface area contributed by atoms with Gasteiger partial charge in [0.2, 0.25) is 5.89 Å². The van der Waals surface area contributed by atoms with Crippen LogP contribution in [-0.4, -0.2) is 15.9 Å². The van der Waals surface area contributed by atoms with Crippen molar-refractivity contribution in [3.63, 3.8) is 0 Å². The van der Waals surface area contributed by atoms with Crippen molar-refractivity contribution in [3.05, 3.63) is 87.6 Å². The third-order valence-electron chi connectivity index (χ3n) is 4.00. The van der Waals surface area contributed by atoms with Gasteiger partial charge in [-0.1, -0.05) is 30.3 Å². The summed E-state index contributed by atoms with van der Waals surface area (Å²) < 4.78 is 10.9. The Kier molecular flexibility index (Phi) is 3.81. The number of benzene rings is 2. The summed E-state index contributed by atoms with van der Waals surface area (Å²) in [6.07, 6.45) is 4.74. The van der Waals surface area contributed by atoms with Crippen molar-refractivity contribution in [1.29, 1.82) is 0 Å². The summed E-state index contributed by atoms with van der Waals surface area (Å²) in [7, 11) is 0. The van der Waals surface area contributed by atoms with E-state index < -0.39 is 16.8 Å². The van der Waals surface area contributed by atoms with Crippen molar-refractivity contribution in [2.45, 2.75) is 5.92 Å². The molecule has 2 aromatic carbocycles. The van der Waals surface area contributed by atoms with Crippen LogP contribution in [0.5, 0.6) is 5.75 Å². The number of nitro benzene ring substituents is 1. The molecule has 0 bridgehead atoms. The van der Waals surface area contributed by atoms with Gasteiger partial charge < -0.3 is 9.15 Å². The number of oxazole rings is 1. The fourth-order valence-corrected chi connectivity index (χ4v) is 2.80. The molecule has 0 saturated heterocycles. The van der Waals surface area contributed by atoms with Gasteiger partial charge in [-0.3, -0.25) is 14.9 Å². The summed E-state index contributed by atoms with van der Waals surface area (Å²) in [5.74, 6) is 0.158. The molecule has 1 unspecified atom stereocenters. The minimum absolute atomic E-state index is 0.00514. The van der Waals surface area contributed by atoms with Crippen LogP contribution in [0.4, 0.5) is 5.69 Å². The van der Waals surface area contributed by atoms with E-state index in [-0.39, 0.29) is 5.69 Å². The highest BCUT2D eigenvalue weighted by Crippen LogP contribution is 2.39. The van der Waals surface area contributed by atoms with Crippen LogP contribution in [0.1, 0.15) is 28.7 Å². The normalized spacial score (nSPS) is 15.8. The molecule has 128 valence electrons. The molecule has 26 heavy (non-hydrogen) atoms. The summed E-state index contributed by atoms with van der Waals surface area (Å²) in [5, 5.41) is 10.8. The maximum atomic E-state index is 12.1. The van der Waals surface area contributed by atoms with Crippen molar-refractivity contribution < 1.29 is 18.9 Å². The molecule has 2 heterocycles. The molecule has 1 atom stereocenters. The van der Waals surface area contributed by atoms with Gasteiger partial charge in [-0.25, -0.2) is 4.98 Å². The molecule has 0 N–H and O–H groups in total. The predicted molar refractivity (Wildman–Crippen MR) is 92.4 cm³/mol. The van der Waals surface area contributed by atoms with Gasteiger partial charge in [-0.05, 0) is 17.7 Å². The first-order valence-electron chi connectivity index (χ1n) is 7.81. The number of nitrogens with zero attached hydrogens (tertiary/aromatic N) is 2. The van der Waals surface area contributed by atoms with Gasteiger partial charge in [-0.15, -0.1) is 0 Å². The minimum atomic E-state index is -0.640. The summed E-state index contributed by atoms with van der Waals surface area (Å²) >= 11 is 0. The molecule has 0 spiro atoms. The number of rotatable bonds is 4. The first-order valence-corrected chi connectivity index (χ1v) is 7.81. The molecular weight excluding hydrogens is 336 g/mol. The summed E-state index contributed by atoms with van der Waals surface area (Å²) in [6.45, 7) is 0. The Bertz CT molecular complexity index is 1040. The number of hydrogen-bond donors (Lipinski definition) is 0. The zero-order chi connectivity index (χ0) is 18.1. The van der Waals surface area contributed by atoms with E-state index >= 15 is 0 Å². The number of carbonyl (C=O) groups excluding carboxylic acids is 1. The lowest BCUT2D eigenvalue weighted by Gasteiger charge is -2.01. The molecule has 0 aliphatic carbocycles. The Morgan fingerprint density at radius 3 is 2.81 bits per heavy atom. The van der Waals surface area contributed by atoms with Crippen LogP contribution in [0.3, 0.4) is 0 Å². The Labute approximate surface area is 147 Å². The van der Waals surface area contributed by atoms with Crippen LogP contribution in [0, 0.1) is 10.1 Å². The van der Waals surface area contributed by atoms with Gasteiger partial charge in [0, 0.05) is 23.8 Å². The third kappa shape index (κ3) is 2.86. The first-order chi connectivity index (χ1) is 12.6. The average Bonchev–Trinajstić information content (AvgIpc) is 3.23. The van der Waals surface area contributed by atoms with E-state index in [1.807, 2.05) is 12.1 Å². The Morgan fingerprint density at radius 1 is 1.12 bits per heavy atom. The molecule has 1 aliphatic rings. The van der Waals surface area contributed by atoms with E-state index in [0.717, 1.165) is 5.56 Å². The zero-order valence-electron chi connectivity index (χ0n) is 13.4. The molecule has 0 radical (unpaired) electrons. The quantitative estimate of drug-likeness (QED) is 0.308. The topological polar surface area (TPSA) is 95.5 Å². The maximum Gasteiger partial charge on any atom is 0.326 e. The van der Waals surface area contributed by atoms with E-state index in [2.05, 4.69) is 4.98 Å². The lowest BCUT2D eigenvalue weighted by atomic mass is 9.99. The van der Waals surface area contributed by atoms with Crippen LogP contribution in [-0.2, 0) is 4.79 Å². The fraction of sp³-hybridized carbons (Fsp3) is 0.0526. The Hall–Kier alpha value is -3.74. The molecule has 1 aromatic heterocycles. The summed E-state index contributed by atoms with van der Waals surface area (Å²) in [6, 6.07) is 13.4. The number of non-ortho nitro benzene ring substituents is 1. The van der Waals surface area contributed by atoms with Crippen LogP contribution < -0.4 is 4.74 Å². The van der Waals surface area contributed by atoms with Crippen LogP contribution in [0.15, 0.2) is 59.1 Å². The second-order valence-electron chi connectivity index (χ2n) is 5.68. The highest BCUT2D eigenvalue weighted by Gasteiger charge is 2.36. The van der Waals surface area contributed by atoms with Gasteiger partial charge in [0.25, 0.3) is 5.69 Å². The van der Waals surface area contributed by atoms with Crippen molar-refractivity contribution in [3.8, 4) is 5.75 Å². The van der Waals surface area contributed by atoms with E-state index in [1.54, 1.807) is 36.4 Å². The van der Waals surface area contributed by atoms with Gasteiger partial charge >= 0.3 is 5.97 Å². The molecule has 3 aromatic rings. The molecule has 0 fully saturated rings. The van der Waals surface area contributed by atoms with Crippen molar-refractivity contribution >= 4 is 23.8 Å². The summed E-state index contributed by atoms with van der Waals surface area (Å²) in [4.78, 5) is 26.6. The smallest absolute Gasteiger partial charge is 0.326 e. The molecule has 0 saturated carbocycles. The molecule has 7 nitrogen and oxygen atoms in total. The fourth-order valence-electron chi connectivity index (χ4n) is 2.80. The molecule has 4 rings (SSSR count). The average molecular weight is 348 g/mol. The lowest BCUT2D eigenvalue weighted by Crippen LogP contribution is -2.10. The number of hydrogen-bond acceptors (Lipinski definition) is 6. The third-order valence-corrected chi connectivity index (χ3v) is 4.00. The zero-order valence-corrected chi connectivity index (χ0v) is 13.4. The highest BCUT2D eigenvalue weighted by molar-refractivity contribution is 5.88. The lowest BCUT2D eigenvalue weighted by molar-refractivity contribution is -0.384. The first kappa shape index (κ1) is 15.8. The number of carbonyl (C=O) groups is 1. The predicted octanol–water partition coefficient (Wildman–Crippen LogP) is 3.80. The molecule has 1 aliphatic heterocycles. The number of ether oxygens (including phenoxy) is 1. The molecule has 0 amide bonds. The SMILES string of the molecule is O=C1Oc2ccccc2C1c1cnc(/C=C/c2cccc([N+](=O)[O-])c2)o1. The number of nitro groups is 1. The minimum Gasteiger partial charge on any atom is -0.441 e. The van der Waals surface area contributed by atoms with Crippen molar-refractivity contribution in [2.24, 2.45) is 0 Å². The van der Waals surface area contributed by atoms with E-state index in [1.165, 1.54) is 18.3 Å². The highest BCUT2D eigenvalue weighted by atomic mass is 16.6. The monoisotopic (exact) mass is 348 g/mol.